The fraction of sp³-hybridized carbons (Fsp3) is 0.0303. The Bertz CT molecular complexity index is 1380. The Morgan fingerprint density at radius 3 is 1.74 bits per heavy atom. The Hall–Kier alpha value is -3.73. The van der Waals surface area contributed by atoms with Crippen LogP contribution in [0.5, 0.6) is 0 Å². The van der Waals surface area contributed by atoms with Crippen LogP contribution in [0.15, 0.2) is 151 Å². The summed E-state index contributed by atoms with van der Waals surface area (Å²) in [5, 5.41) is 4.22. The van der Waals surface area contributed by atoms with Gasteiger partial charge in [0.15, 0.2) is 0 Å². The quantitative estimate of drug-likeness (QED) is 0.278. The van der Waals surface area contributed by atoms with Gasteiger partial charge in [-0.05, 0) is 51.7 Å². The summed E-state index contributed by atoms with van der Waals surface area (Å²) in [5.74, 6) is 0.236. The molecule has 1 atom stereocenters. The second-order valence-corrected chi connectivity index (χ2v) is 10.7. The summed E-state index contributed by atoms with van der Waals surface area (Å²) < 4.78 is 0. The van der Waals surface area contributed by atoms with Gasteiger partial charge in [-0.3, -0.25) is 0 Å². The Balaban J connectivity index is 1.67. The molecule has 0 nitrogen and oxygen atoms in total. The second kappa shape index (κ2) is 9.26. The van der Waals surface area contributed by atoms with E-state index < -0.39 is 7.92 Å². The molecule has 6 rings (SSSR count). The fourth-order valence-electron chi connectivity index (χ4n) is 4.97. The lowest BCUT2D eigenvalue weighted by atomic mass is 9.91. The van der Waals surface area contributed by atoms with Gasteiger partial charge in [0.1, 0.15) is 0 Å². The molecule has 0 unspecified atom stereocenters. The monoisotopic (exact) mass is 452 g/mol. The van der Waals surface area contributed by atoms with E-state index in [1.165, 1.54) is 43.8 Å². The Morgan fingerprint density at radius 2 is 1.09 bits per heavy atom. The third kappa shape index (κ3) is 3.81. The molecule has 0 aliphatic heterocycles. The maximum atomic E-state index is 2.46. The van der Waals surface area contributed by atoms with Gasteiger partial charge in [-0.15, -0.1) is 0 Å². The highest BCUT2D eigenvalue weighted by atomic mass is 31.1. The molecule has 34 heavy (non-hydrogen) atoms. The zero-order valence-electron chi connectivity index (χ0n) is 18.9. The maximum Gasteiger partial charge on any atom is 0.0217 e. The van der Waals surface area contributed by atoms with E-state index in [1.807, 2.05) is 0 Å². The standard InChI is InChI=1S/C33H25P/c1-4-14-25(15-5-1)32-24-26-16-10-11-21-29(26)33(31-23-13-12-22-30(31)32)34(27-17-6-2-7-18-27)28-19-8-3-9-20-28/h1-24,26H/t26-/m0/s1. The van der Waals surface area contributed by atoms with Crippen LogP contribution in [0.25, 0.3) is 10.9 Å². The van der Waals surface area contributed by atoms with Crippen LogP contribution < -0.4 is 10.6 Å². The Labute approximate surface area is 203 Å². The summed E-state index contributed by atoms with van der Waals surface area (Å²) in [6, 6.07) is 41.9. The van der Waals surface area contributed by atoms with Gasteiger partial charge in [0.05, 0.1) is 0 Å². The lowest BCUT2D eigenvalue weighted by molar-refractivity contribution is 1.01. The van der Waals surface area contributed by atoms with E-state index in [0.717, 1.165) is 0 Å². The normalized spacial score (nSPS) is 16.6. The molecule has 0 spiro atoms. The lowest BCUT2D eigenvalue weighted by Crippen LogP contribution is -2.15. The molecule has 0 saturated carbocycles. The molecular formula is C33H25P. The van der Waals surface area contributed by atoms with Crippen molar-refractivity contribution in [1.29, 1.82) is 0 Å². The number of hydrogen-bond acceptors (Lipinski definition) is 0. The van der Waals surface area contributed by atoms with Crippen molar-refractivity contribution in [2.24, 2.45) is 5.92 Å². The van der Waals surface area contributed by atoms with Crippen LogP contribution in [0.4, 0.5) is 0 Å². The smallest absolute Gasteiger partial charge is 0.0217 e. The average Bonchev–Trinajstić information content (AvgIpc) is 3.06. The number of fused-ring (bicyclic) bond motifs is 2. The van der Waals surface area contributed by atoms with E-state index >= 15 is 0 Å². The highest BCUT2D eigenvalue weighted by Gasteiger charge is 2.30. The van der Waals surface area contributed by atoms with Crippen LogP contribution in [0.2, 0.25) is 0 Å². The highest BCUT2D eigenvalue weighted by molar-refractivity contribution is 7.82. The molecule has 0 heterocycles. The van der Waals surface area contributed by atoms with Gasteiger partial charge in [-0.25, -0.2) is 0 Å². The van der Waals surface area contributed by atoms with E-state index in [2.05, 4.69) is 146 Å². The van der Waals surface area contributed by atoms with Crippen LogP contribution in [-0.2, 0) is 0 Å². The molecule has 2 aliphatic carbocycles. The third-order valence-corrected chi connectivity index (χ3v) is 9.07. The maximum absolute atomic E-state index is 2.46. The summed E-state index contributed by atoms with van der Waals surface area (Å²) in [6.45, 7) is 0. The first kappa shape index (κ1) is 20.8. The second-order valence-electron chi connectivity index (χ2n) is 8.57. The van der Waals surface area contributed by atoms with E-state index in [1.54, 1.807) is 0 Å². The van der Waals surface area contributed by atoms with Gasteiger partial charge in [0, 0.05) is 5.92 Å². The molecule has 1 heteroatoms. The highest BCUT2D eigenvalue weighted by Crippen LogP contribution is 2.55. The van der Waals surface area contributed by atoms with Gasteiger partial charge in [0.2, 0.25) is 0 Å². The van der Waals surface area contributed by atoms with E-state index in [-0.39, 0.29) is 5.92 Å². The molecule has 4 aromatic rings. The Kier molecular flexibility index (Phi) is 5.68. The van der Waals surface area contributed by atoms with Crippen LogP contribution in [0.1, 0.15) is 16.7 Å². The van der Waals surface area contributed by atoms with E-state index in [9.17, 15) is 0 Å². The minimum atomic E-state index is -0.743. The third-order valence-electron chi connectivity index (χ3n) is 6.49. The molecule has 4 aromatic carbocycles. The average molecular weight is 453 g/mol. The van der Waals surface area contributed by atoms with Gasteiger partial charge < -0.3 is 0 Å². The first-order valence-corrected chi connectivity index (χ1v) is 13.1. The molecule has 0 aromatic heterocycles. The predicted octanol–water partition coefficient (Wildman–Crippen LogP) is 7.72. The molecule has 0 amide bonds. The predicted molar refractivity (Wildman–Crippen MR) is 148 cm³/mol. The molecule has 0 fully saturated rings. The van der Waals surface area contributed by atoms with Crippen molar-refractivity contribution >= 4 is 29.4 Å². The van der Waals surface area contributed by atoms with Crippen LogP contribution >= 0.6 is 7.92 Å². The van der Waals surface area contributed by atoms with Gasteiger partial charge in [-0.1, -0.05) is 146 Å². The minimum Gasteiger partial charge on any atom is -0.0732 e. The van der Waals surface area contributed by atoms with E-state index in [0.29, 0.717) is 0 Å². The van der Waals surface area contributed by atoms with Crippen molar-refractivity contribution in [2.45, 2.75) is 0 Å². The topological polar surface area (TPSA) is 0 Å². The molecule has 2 aliphatic rings. The van der Waals surface area contributed by atoms with Crippen LogP contribution in [0.3, 0.4) is 0 Å². The first-order chi connectivity index (χ1) is 16.9. The van der Waals surface area contributed by atoms with Crippen molar-refractivity contribution in [3.05, 3.63) is 168 Å². The summed E-state index contributed by atoms with van der Waals surface area (Å²) in [5.41, 5.74) is 6.63. The molecule has 0 bridgehead atoms. The molecule has 0 radical (unpaired) electrons. The molecule has 0 saturated heterocycles. The number of rotatable bonds is 4. The van der Waals surface area contributed by atoms with E-state index in [4.69, 9.17) is 0 Å². The fourth-order valence-corrected chi connectivity index (χ4v) is 7.64. The number of hydrogen-bond donors (Lipinski definition) is 0. The lowest BCUT2D eigenvalue weighted by Gasteiger charge is -2.27. The van der Waals surface area contributed by atoms with Gasteiger partial charge in [0.25, 0.3) is 0 Å². The zero-order chi connectivity index (χ0) is 22.7. The number of benzene rings is 4. The van der Waals surface area contributed by atoms with Crippen LogP contribution in [-0.4, -0.2) is 0 Å². The molecular weight excluding hydrogens is 427 g/mol. The van der Waals surface area contributed by atoms with Crippen molar-refractivity contribution in [1.82, 2.24) is 0 Å². The van der Waals surface area contributed by atoms with Crippen molar-refractivity contribution in [2.75, 3.05) is 0 Å². The van der Waals surface area contributed by atoms with Crippen molar-refractivity contribution in [3.63, 3.8) is 0 Å². The summed E-state index contributed by atoms with van der Waals surface area (Å²) >= 11 is 0. The number of allylic oxidation sites excluding steroid dienone is 6. The summed E-state index contributed by atoms with van der Waals surface area (Å²) in [6.07, 6.45) is 11.5. The van der Waals surface area contributed by atoms with Crippen LogP contribution in [0, 0.1) is 5.92 Å². The summed E-state index contributed by atoms with van der Waals surface area (Å²) in [4.78, 5) is 0. The van der Waals surface area contributed by atoms with Gasteiger partial charge >= 0.3 is 0 Å². The Morgan fingerprint density at radius 1 is 0.529 bits per heavy atom. The largest absolute Gasteiger partial charge is 0.0732 e. The zero-order valence-corrected chi connectivity index (χ0v) is 19.8. The summed E-state index contributed by atoms with van der Waals surface area (Å²) in [7, 11) is -0.743. The first-order valence-electron chi connectivity index (χ1n) is 11.8. The molecule has 162 valence electrons. The van der Waals surface area contributed by atoms with Crippen molar-refractivity contribution < 1.29 is 0 Å². The molecule has 0 N–H and O–H groups in total. The SMILES string of the molecule is C1=CC2=C(P(c3ccccc3)c3ccccc3)c3ccccc3C(c3ccccc3)=C[C@@H]2C=C1. The van der Waals surface area contributed by atoms with Crippen molar-refractivity contribution in [3.8, 4) is 0 Å². The minimum absolute atomic E-state index is 0.236. The van der Waals surface area contributed by atoms with Gasteiger partial charge in [-0.2, -0.15) is 0 Å².